The van der Waals surface area contributed by atoms with E-state index in [1.165, 1.54) is 11.3 Å². The predicted octanol–water partition coefficient (Wildman–Crippen LogP) is 0.853. The summed E-state index contributed by atoms with van der Waals surface area (Å²) in [5, 5.41) is 7.51. The highest BCUT2D eigenvalue weighted by atomic mass is 16.5. The molecule has 0 fully saturated rings. The van der Waals surface area contributed by atoms with Crippen LogP contribution in [0.4, 0.5) is 0 Å². The quantitative estimate of drug-likeness (QED) is 0.760. The summed E-state index contributed by atoms with van der Waals surface area (Å²) < 4.78 is 7.03. The maximum atomic E-state index is 5.14. The van der Waals surface area contributed by atoms with Gasteiger partial charge >= 0.3 is 0 Å². The second-order valence-corrected chi connectivity index (χ2v) is 3.56. The first-order chi connectivity index (χ1) is 6.65. The maximum Gasteiger partial charge on any atom is 0.0667 e. The van der Waals surface area contributed by atoms with Gasteiger partial charge in [-0.15, -0.1) is 0 Å². The normalized spacial score (nSPS) is 13.1. The zero-order valence-corrected chi connectivity index (χ0v) is 9.37. The third-order valence-electron chi connectivity index (χ3n) is 2.49. The zero-order valence-electron chi connectivity index (χ0n) is 9.37. The summed E-state index contributed by atoms with van der Waals surface area (Å²) in [6.07, 6.45) is 2.16. The number of aromatic nitrogens is 2. The third-order valence-corrected chi connectivity index (χ3v) is 2.49. The molecule has 1 N–H and O–H groups in total. The molecule has 0 saturated heterocycles. The summed E-state index contributed by atoms with van der Waals surface area (Å²) in [5.41, 5.74) is 2.46. The minimum absolute atomic E-state index is 0.256. The average Bonchev–Trinajstić information content (AvgIpc) is 2.49. The Bertz CT molecular complexity index is 283. The van der Waals surface area contributed by atoms with Crippen molar-refractivity contribution in [2.45, 2.75) is 26.5 Å². The Kier molecular flexibility index (Phi) is 4.10. The maximum absolute atomic E-state index is 5.14. The fraction of sp³-hybridized carbons (Fsp3) is 0.700. The number of ether oxygens (including phenoxy) is 1. The van der Waals surface area contributed by atoms with Crippen LogP contribution < -0.4 is 5.32 Å². The van der Waals surface area contributed by atoms with Crippen molar-refractivity contribution in [3.8, 4) is 0 Å². The van der Waals surface area contributed by atoms with E-state index < -0.39 is 0 Å². The predicted molar refractivity (Wildman–Crippen MR) is 56.1 cm³/mol. The molecule has 0 spiro atoms. The molecular formula is C10H19N3O. The summed E-state index contributed by atoms with van der Waals surface area (Å²) in [4.78, 5) is 0. The zero-order chi connectivity index (χ0) is 10.6. The number of nitrogens with one attached hydrogen (secondary N) is 1. The molecule has 1 atom stereocenters. The largest absolute Gasteiger partial charge is 0.380 e. The summed E-state index contributed by atoms with van der Waals surface area (Å²) in [5.74, 6) is 0. The molecule has 1 aromatic rings. The van der Waals surface area contributed by atoms with Gasteiger partial charge in [0.25, 0.3) is 0 Å². The van der Waals surface area contributed by atoms with Gasteiger partial charge in [0, 0.05) is 38.5 Å². The first kappa shape index (κ1) is 11.2. The van der Waals surface area contributed by atoms with Crippen molar-refractivity contribution >= 4 is 0 Å². The topological polar surface area (TPSA) is 39.1 Å². The lowest BCUT2D eigenvalue weighted by Crippen LogP contribution is -2.25. The molecule has 0 bridgehead atoms. The molecule has 0 aliphatic rings. The first-order valence-corrected chi connectivity index (χ1v) is 4.86. The Hall–Kier alpha value is -0.870. The minimum Gasteiger partial charge on any atom is -0.380 e. The van der Waals surface area contributed by atoms with E-state index in [9.17, 15) is 0 Å². The van der Waals surface area contributed by atoms with Crippen molar-refractivity contribution in [1.82, 2.24) is 15.1 Å². The van der Waals surface area contributed by atoms with Crippen molar-refractivity contribution in [1.29, 1.82) is 0 Å². The Morgan fingerprint density at radius 1 is 1.64 bits per heavy atom. The highest BCUT2D eigenvalue weighted by Gasteiger charge is 2.03. The number of hydrogen-bond acceptors (Lipinski definition) is 3. The smallest absolute Gasteiger partial charge is 0.0667 e. The van der Waals surface area contributed by atoms with E-state index in [4.69, 9.17) is 4.74 Å². The molecule has 0 saturated carbocycles. The van der Waals surface area contributed by atoms with Gasteiger partial charge < -0.3 is 10.1 Å². The van der Waals surface area contributed by atoms with E-state index in [1.54, 1.807) is 7.11 Å². The van der Waals surface area contributed by atoms with E-state index in [1.807, 2.05) is 24.9 Å². The summed E-state index contributed by atoms with van der Waals surface area (Å²) in [6, 6.07) is 0. The van der Waals surface area contributed by atoms with Gasteiger partial charge in [0.1, 0.15) is 0 Å². The van der Waals surface area contributed by atoms with Gasteiger partial charge in [-0.25, -0.2) is 0 Å². The molecule has 0 aliphatic heterocycles. The fourth-order valence-electron chi connectivity index (χ4n) is 1.21. The van der Waals surface area contributed by atoms with Crippen LogP contribution in [-0.4, -0.2) is 29.5 Å². The molecule has 1 aromatic heterocycles. The first-order valence-electron chi connectivity index (χ1n) is 4.86. The molecule has 1 unspecified atom stereocenters. The van der Waals surface area contributed by atoms with E-state index in [0.717, 1.165) is 13.1 Å². The van der Waals surface area contributed by atoms with Crippen molar-refractivity contribution in [2.24, 2.45) is 7.05 Å². The molecule has 0 amide bonds. The Balaban J connectivity index is 2.35. The minimum atomic E-state index is 0.256. The van der Waals surface area contributed by atoms with Crippen LogP contribution in [-0.2, 0) is 18.3 Å². The lowest BCUT2D eigenvalue weighted by atomic mass is 10.2. The highest BCUT2D eigenvalue weighted by molar-refractivity contribution is 5.15. The van der Waals surface area contributed by atoms with E-state index in [2.05, 4.69) is 17.3 Å². The monoisotopic (exact) mass is 197 g/mol. The van der Waals surface area contributed by atoms with Crippen molar-refractivity contribution in [2.75, 3.05) is 13.7 Å². The van der Waals surface area contributed by atoms with Crippen LogP contribution >= 0.6 is 0 Å². The van der Waals surface area contributed by atoms with E-state index >= 15 is 0 Å². The van der Waals surface area contributed by atoms with Crippen LogP contribution in [0.2, 0.25) is 0 Å². The summed E-state index contributed by atoms with van der Waals surface area (Å²) >= 11 is 0. The molecule has 0 aliphatic carbocycles. The Morgan fingerprint density at radius 3 is 2.86 bits per heavy atom. The molecule has 1 rings (SSSR count). The van der Waals surface area contributed by atoms with Gasteiger partial charge in [0.2, 0.25) is 0 Å². The lowest BCUT2D eigenvalue weighted by molar-refractivity contribution is 0.117. The number of methoxy groups -OCH3 is 1. The molecule has 80 valence electrons. The van der Waals surface area contributed by atoms with Crippen molar-refractivity contribution in [3.63, 3.8) is 0 Å². The number of hydrogen-bond donors (Lipinski definition) is 1. The van der Waals surface area contributed by atoms with Crippen molar-refractivity contribution < 1.29 is 4.74 Å². The summed E-state index contributed by atoms with van der Waals surface area (Å²) in [7, 11) is 3.68. The molecule has 1 heterocycles. The van der Waals surface area contributed by atoms with Gasteiger partial charge in [-0.05, 0) is 13.8 Å². The van der Waals surface area contributed by atoms with Crippen LogP contribution in [0.15, 0.2) is 6.20 Å². The number of nitrogens with zero attached hydrogens (tertiary/aromatic N) is 2. The molecule has 4 nitrogen and oxygen atoms in total. The van der Waals surface area contributed by atoms with Gasteiger partial charge in [-0.1, -0.05) is 0 Å². The summed E-state index contributed by atoms with van der Waals surface area (Å²) in [6.45, 7) is 5.84. The molecular weight excluding hydrogens is 178 g/mol. The van der Waals surface area contributed by atoms with Crippen LogP contribution in [0.1, 0.15) is 18.2 Å². The van der Waals surface area contributed by atoms with Gasteiger partial charge in [-0.3, -0.25) is 4.68 Å². The highest BCUT2D eigenvalue weighted by Crippen LogP contribution is 2.04. The van der Waals surface area contributed by atoms with Crippen LogP contribution in [0.25, 0.3) is 0 Å². The van der Waals surface area contributed by atoms with E-state index in [0.29, 0.717) is 0 Å². The van der Waals surface area contributed by atoms with Crippen LogP contribution in [0, 0.1) is 6.92 Å². The van der Waals surface area contributed by atoms with E-state index in [-0.39, 0.29) is 6.10 Å². The molecule has 14 heavy (non-hydrogen) atoms. The van der Waals surface area contributed by atoms with Gasteiger partial charge in [0.15, 0.2) is 0 Å². The lowest BCUT2D eigenvalue weighted by Gasteiger charge is -2.10. The standard InChI is InChI=1S/C10H19N3O/c1-8(14-4)5-11-6-10-7-12-13(3)9(10)2/h7-8,11H,5-6H2,1-4H3. The fourth-order valence-corrected chi connectivity index (χ4v) is 1.21. The second kappa shape index (κ2) is 5.12. The van der Waals surface area contributed by atoms with Crippen molar-refractivity contribution in [3.05, 3.63) is 17.5 Å². The Morgan fingerprint density at radius 2 is 2.36 bits per heavy atom. The average molecular weight is 197 g/mol. The van der Waals surface area contributed by atoms with Crippen LogP contribution in [0.5, 0.6) is 0 Å². The van der Waals surface area contributed by atoms with Gasteiger partial charge in [0.05, 0.1) is 12.3 Å². The molecule has 0 radical (unpaired) electrons. The second-order valence-electron chi connectivity index (χ2n) is 3.56. The number of aryl methyl sites for hydroxylation is 1. The Labute approximate surface area is 85.3 Å². The number of rotatable bonds is 5. The van der Waals surface area contributed by atoms with Gasteiger partial charge in [-0.2, -0.15) is 5.10 Å². The molecule has 4 heteroatoms. The third kappa shape index (κ3) is 2.82. The van der Waals surface area contributed by atoms with Crippen LogP contribution in [0.3, 0.4) is 0 Å². The SMILES string of the molecule is COC(C)CNCc1cnn(C)c1C. The molecule has 0 aromatic carbocycles.